The minimum atomic E-state index is -1.36. The molecule has 0 saturated heterocycles. The zero-order valence-corrected chi connectivity index (χ0v) is 14.5. The predicted molar refractivity (Wildman–Crippen MR) is 95.1 cm³/mol. The van der Waals surface area contributed by atoms with Crippen molar-refractivity contribution >= 4 is 0 Å². The average molecular weight is 320 g/mol. The first-order valence-electron chi connectivity index (χ1n) is 8.75. The van der Waals surface area contributed by atoms with Gasteiger partial charge in [0.1, 0.15) is 0 Å². The number of aliphatic hydroxyl groups excluding tert-OH is 2. The lowest BCUT2D eigenvalue weighted by molar-refractivity contribution is -0.146. The Morgan fingerprint density at radius 3 is 2.26 bits per heavy atom. The van der Waals surface area contributed by atoms with Gasteiger partial charge in [0.15, 0.2) is 0 Å². The Kier molecular flexibility index (Phi) is 8.53. The summed E-state index contributed by atoms with van der Waals surface area (Å²) in [7, 11) is 0. The Balaban J connectivity index is 3.15. The Morgan fingerprint density at radius 1 is 1.09 bits per heavy atom. The summed E-state index contributed by atoms with van der Waals surface area (Å²) in [6, 6.07) is 9.39. The van der Waals surface area contributed by atoms with Gasteiger partial charge in [0.2, 0.25) is 0 Å². The smallest absolute Gasteiger partial charge is 0.0995 e. The van der Waals surface area contributed by atoms with E-state index in [-0.39, 0.29) is 6.42 Å². The first-order chi connectivity index (χ1) is 11.0. The maximum absolute atomic E-state index is 11.2. The lowest BCUT2D eigenvalue weighted by Gasteiger charge is -2.42. The molecule has 1 aromatic carbocycles. The summed E-state index contributed by atoms with van der Waals surface area (Å²) in [4.78, 5) is 0. The van der Waals surface area contributed by atoms with Crippen LogP contribution in [0.2, 0.25) is 0 Å². The molecule has 0 amide bonds. The fourth-order valence-electron chi connectivity index (χ4n) is 3.28. The van der Waals surface area contributed by atoms with Gasteiger partial charge in [-0.15, -0.1) is 6.58 Å². The zero-order chi connectivity index (χ0) is 17.3. The van der Waals surface area contributed by atoms with Gasteiger partial charge in [-0.3, -0.25) is 0 Å². The van der Waals surface area contributed by atoms with Crippen LogP contribution in [-0.2, 0) is 0 Å². The van der Waals surface area contributed by atoms with Gasteiger partial charge in [-0.1, -0.05) is 69.5 Å². The van der Waals surface area contributed by atoms with E-state index in [1.165, 1.54) is 0 Å². The summed E-state index contributed by atoms with van der Waals surface area (Å²) < 4.78 is 0. The van der Waals surface area contributed by atoms with E-state index in [9.17, 15) is 15.3 Å². The van der Waals surface area contributed by atoms with Gasteiger partial charge < -0.3 is 15.3 Å². The second kappa shape index (κ2) is 9.86. The number of benzene rings is 1. The molecule has 0 aromatic heterocycles. The predicted octanol–water partition coefficient (Wildman–Crippen LogP) is 3.99. The molecule has 3 nitrogen and oxygen atoms in total. The fraction of sp³-hybridized carbons (Fsp3) is 0.600. The number of hydrogen-bond acceptors (Lipinski definition) is 3. The van der Waals surface area contributed by atoms with Crippen LogP contribution in [0.1, 0.15) is 64.0 Å². The molecule has 0 saturated carbocycles. The van der Waals surface area contributed by atoms with Gasteiger partial charge in [0.05, 0.1) is 17.8 Å². The van der Waals surface area contributed by atoms with Gasteiger partial charge in [-0.2, -0.15) is 0 Å². The minimum absolute atomic E-state index is 0.270. The van der Waals surface area contributed by atoms with E-state index in [2.05, 4.69) is 13.5 Å². The van der Waals surface area contributed by atoms with E-state index >= 15 is 0 Å². The van der Waals surface area contributed by atoms with E-state index in [0.717, 1.165) is 24.8 Å². The maximum Gasteiger partial charge on any atom is 0.0995 e. The van der Waals surface area contributed by atoms with E-state index < -0.39 is 23.7 Å². The molecule has 0 aliphatic rings. The van der Waals surface area contributed by atoms with Crippen LogP contribution in [0.3, 0.4) is 0 Å². The summed E-state index contributed by atoms with van der Waals surface area (Å²) in [5, 5.41) is 32.7. The Labute approximate surface area is 140 Å². The Morgan fingerprint density at radius 2 is 1.74 bits per heavy atom. The van der Waals surface area contributed by atoms with Crippen molar-refractivity contribution in [3.05, 3.63) is 48.6 Å². The first-order valence-corrected chi connectivity index (χ1v) is 8.75. The normalized spacial score (nSPS) is 18.0. The average Bonchev–Trinajstić information content (AvgIpc) is 2.56. The second-order valence-corrected chi connectivity index (χ2v) is 6.39. The molecule has 0 radical (unpaired) electrons. The zero-order valence-electron chi connectivity index (χ0n) is 14.5. The van der Waals surface area contributed by atoms with E-state index in [1.807, 2.05) is 37.3 Å². The molecule has 0 aliphatic heterocycles. The van der Waals surface area contributed by atoms with Crippen molar-refractivity contribution < 1.29 is 15.3 Å². The molecule has 0 unspecified atom stereocenters. The topological polar surface area (TPSA) is 60.7 Å². The number of hydrogen-bond donors (Lipinski definition) is 3. The highest BCUT2D eigenvalue weighted by molar-refractivity contribution is 5.19. The number of rotatable bonds is 11. The van der Waals surface area contributed by atoms with E-state index in [0.29, 0.717) is 12.8 Å². The van der Waals surface area contributed by atoms with Crippen molar-refractivity contribution in [1.82, 2.24) is 0 Å². The number of unbranched alkanes of at least 4 members (excludes halogenated alkanes) is 1. The summed E-state index contributed by atoms with van der Waals surface area (Å²) in [6.45, 7) is 7.79. The second-order valence-electron chi connectivity index (χ2n) is 6.39. The van der Waals surface area contributed by atoms with Crippen molar-refractivity contribution in [2.75, 3.05) is 0 Å². The van der Waals surface area contributed by atoms with Gasteiger partial charge in [0, 0.05) is 5.92 Å². The monoisotopic (exact) mass is 320 g/mol. The molecule has 4 atom stereocenters. The van der Waals surface area contributed by atoms with Crippen LogP contribution in [0, 0.1) is 5.92 Å². The molecule has 0 fully saturated rings. The lowest BCUT2D eigenvalue weighted by Crippen LogP contribution is -2.50. The first kappa shape index (κ1) is 19.9. The molecular formula is C20H32O3. The molecule has 0 aliphatic carbocycles. The van der Waals surface area contributed by atoms with Crippen LogP contribution in [-0.4, -0.2) is 27.0 Å². The minimum Gasteiger partial charge on any atom is -0.390 e. The summed E-state index contributed by atoms with van der Waals surface area (Å²) in [6.07, 6.45) is 4.06. The third-order valence-electron chi connectivity index (χ3n) is 4.64. The highest BCUT2D eigenvalue weighted by Gasteiger charge is 2.45. The molecule has 0 heterocycles. The summed E-state index contributed by atoms with van der Waals surface area (Å²) in [5.41, 5.74) is -0.581. The lowest BCUT2D eigenvalue weighted by atomic mass is 9.72. The third kappa shape index (κ3) is 5.17. The molecule has 0 bridgehead atoms. The van der Waals surface area contributed by atoms with Crippen molar-refractivity contribution in [2.45, 2.75) is 70.2 Å². The van der Waals surface area contributed by atoms with Crippen molar-refractivity contribution in [3.8, 4) is 0 Å². The molecular weight excluding hydrogens is 288 g/mol. The van der Waals surface area contributed by atoms with Crippen LogP contribution in [0.25, 0.3) is 0 Å². The Bertz CT molecular complexity index is 445. The SMILES string of the molecule is C=CC[C@@](O)([C@H](O)CCC)[C@@H](CCCC)[C@@H](O)c1ccccc1. The van der Waals surface area contributed by atoms with Crippen LogP contribution >= 0.6 is 0 Å². The molecule has 3 N–H and O–H groups in total. The van der Waals surface area contributed by atoms with Crippen LogP contribution in [0.5, 0.6) is 0 Å². The van der Waals surface area contributed by atoms with Crippen LogP contribution < -0.4 is 0 Å². The highest BCUT2D eigenvalue weighted by atomic mass is 16.3. The third-order valence-corrected chi connectivity index (χ3v) is 4.64. The summed E-state index contributed by atoms with van der Waals surface area (Å²) in [5.74, 6) is -0.426. The van der Waals surface area contributed by atoms with Crippen molar-refractivity contribution in [1.29, 1.82) is 0 Å². The van der Waals surface area contributed by atoms with Crippen LogP contribution in [0.4, 0.5) is 0 Å². The molecule has 1 rings (SSSR count). The van der Waals surface area contributed by atoms with Gasteiger partial charge in [-0.25, -0.2) is 0 Å². The quantitative estimate of drug-likeness (QED) is 0.540. The largest absolute Gasteiger partial charge is 0.390 e. The van der Waals surface area contributed by atoms with Gasteiger partial charge in [0.25, 0.3) is 0 Å². The van der Waals surface area contributed by atoms with Gasteiger partial charge >= 0.3 is 0 Å². The fourth-order valence-corrected chi connectivity index (χ4v) is 3.28. The summed E-state index contributed by atoms with van der Waals surface area (Å²) >= 11 is 0. The molecule has 130 valence electrons. The molecule has 3 heteroatoms. The van der Waals surface area contributed by atoms with Gasteiger partial charge in [-0.05, 0) is 24.8 Å². The Hall–Kier alpha value is -1.16. The molecule has 23 heavy (non-hydrogen) atoms. The molecule has 0 spiro atoms. The van der Waals surface area contributed by atoms with Crippen molar-refractivity contribution in [3.63, 3.8) is 0 Å². The van der Waals surface area contributed by atoms with Crippen LogP contribution in [0.15, 0.2) is 43.0 Å². The highest BCUT2D eigenvalue weighted by Crippen LogP contribution is 2.40. The number of aliphatic hydroxyl groups is 3. The molecule has 1 aromatic rings. The standard InChI is InChI=1S/C20H32O3/c1-4-7-14-17(19(22)16-12-9-8-10-13-16)20(23,15-6-3)18(21)11-5-2/h6,8-10,12-13,17-19,21-23H,3-5,7,11,14-15H2,1-2H3/t17-,18+,19-,20-/m0/s1. The van der Waals surface area contributed by atoms with Crippen molar-refractivity contribution in [2.24, 2.45) is 5.92 Å². The van der Waals surface area contributed by atoms with E-state index in [1.54, 1.807) is 6.08 Å². The van der Waals surface area contributed by atoms with E-state index in [4.69, 9.17) is 0 Å². The maximum atomic E-state index is 11.2.